The first-order valence-corrected chi connectivity index (χ1v) is 8.22. The van der Waals surface area contributed by atoms with Crippen molar-refractivity contribution >= 4 is 23.2 Å². The number of halogens is 1. The summed E-state index contributed by atoms with van der Waals surface area (Å²) >= 11 is 5.90. The van der Waals surface area contributed by atoms with Gasteiger partial charge in [0.1, 0.15) is 0 Å². The van der Waals surface area contributed by atoms with Crippen molar-refractivity contribution in [1.82, 2.24) is 0 Å². The number of carbonyl (C=O) groups excluding carboxylic acids is 1. The number of amides is 1. The summed E-state index contributed by atoms with van der Waals surface area (Å²) in [4.78, 5) is 12.1. The summed E-state index contributed by atoms with van der Waals surface area (Å²) in [5.74, 6) is -0.141. The Labute approximate surface area is 137 Å². The van der Waals surface area contributed by atoms with Gasteiger partial charge in [-0.3, -0.25) is 4.79 Å². The monoisotopic (exact) mass is 315 g/mol. The molecule has 0 saturated carbocycles. The molecule has 0 fully saturated rings. The second kappa shape index (κ2) is 8.60. The van der Waals surface area contributed by atoms with Crippen LogP contribution in [0.5, 0.6) is 0 Å². The van der Waals surface area contributed by atoms with Crippen molar-refractivity contribution in [2.24, 2.45) is 0 Å². The van der Waals surface area contributed by atoms with E-state index >= 15 is 0 Å². The van der Waals surface area contributed by atoms with E-state index < -0.39 is 0 Å². The van der Waals surface area contributed by atoms with E-state index in [0.29, 0.717) is 10.6 Å². The molecule has 1 amide bonds. The molecule has 0 radical (unpaired) electrons. The van der Waals surface area contributed by atoms with Gasteiger partial charge in [0.2, 0.25) is 0 Å². The number of hydrogen-bond acceptors (Lipinski definition) is 1. The number of nitrogens with one attached hydrogen (secondary N) is 1. The Hall–Kier alpha value is -1.80. The fraction of sp³-hybridized carbons (Fsp3) is 0.316. The number of hydrogen-bond donors (Lipinski definition) is 1. The molecule has 1 N–H and O–H groups in total. The molecule has 22 heavy (non-hydrogen) atoms. The lowest BCUT2D eigenvalue weighted by Gasteiger charge is -2.07. The summed E-state index contributed by atoms with van der Waals surface area (Å²) in [6, 6.07) is 15.0. The fourth-order valence-corrected chi connectivity index (χ4v) is 2.53. The molecule has 0 aromatic heterocycles. The van der Waals surface area contributed by atoms with Gasteiger partial charge in [-0.1, -0.05) is 56.0 Å². The van der Waals surface area contributed by atoms with Crippen molar-refractivity contribution in [3.8, 4) is 0 Å². The molecule has 0 bridgehead atoms. The normalized spacial score (nSPS) is 10.5. The van der Waals surface area contributed by atoms with Crippen LogP contribution in [0.3, 0.4) is 0 Å². The Kier molecular flexibility index (Phi) is 6.47. The van der Waals surface area contributed by atoms with Gasteiger partial charge in [-0.2, -0.15) is 0 Å². The quantitative estimate of drug-likeness (QED) is 0.651. The van der Waals surface area contributed by atoms with Gasteiger partial charge < -0.3 is 5.32 Å². The minimum Gasteiger partial charge on any atom is -0.322 e. The van der Waals surface area contributed by atoms with Crippen molar-refractivity contribution < 1.29 is 4.79 Å². The molecule has 0 saturated heterocycles. The predicted octanol–water partition coefficient (Wildman–Crippen LogP) is 5.72. The second-order valence-corrected chi connectivity index (χ2v) is 5.91. The highest BCUT2D eigenvalue weighted by Gasteiger charge is 2.06. The first-order valence-electron chi connectivity index (χ1n) is 7.85. The fourth-order valence-electron chi connectivity index (χ4n) is 2.34. The van der Waals surface area contributed by atoms with Gasteiger partial charge >= 0.3 is 0 Å². The van der Waals surface area contributed by atoms with E-state index in [2.05, 4.69) is 24.4 Å². The zero-order valence-corrected chi connectivity index (χ0v) is 13.7. The van der Waals surface area contributed by atoms with Gasteiger partial charge in [-0.25, -0.2) is 0 Å². The van der Waals surface area contributed by atoms with Crippen LogP contribution in [0, 0.1) is 0 Å². The van der Waals surface area contributed by atoms with Gasteiger partial charge in [0, 0.05) is 16.3 Å². The Morgan fingerprint density at radius 3 is 2.50 bits per heavy atom. The molecular formula is C19H22ClNO. The standard InChI is InChI=1S/C19H22ClNO/c1-2-3-4-5-7-15-10-12-18(13-11-15)21-19(22)16-8-6-9-17(20)14-16/h6,8-14H,2-5,7H2,1H3,(H,21,22). The van der Waals surface area contributed by atoms with E-state index in [1.54, 1.807) is 24.3 Å². The van der Waals surface area contributed by atoms with E-state index in [4.69, 9.17) is 11.6 Å². The molecular weight excluding hydrogens is 294 g/mol. The van der Waals surface area contributed by atoms with Gasteiger partial charge in [0.25, 0.3) is 5.91 Å². The number of anilines is 1. The van der Waals surface area contributed by atoms with Crippen molar-refractivity contribution in [3.63, 3.8) is 0 Å². The van der Waals surface area contributed by atoms with Crippen LogP contribution in [0.4, 0.5) is 5.69 Å². The maximum atomic E-state index is 12.1. The highest BCUT2D eigenvalue weighted by atomic mass is 35.5. The number of aryl methyl sites for hydroxylation is 1. The predicted molar refractivity (Wildman–Crippen MR) is 93.7 cm³/mol. The smallest absolute Gasteiger partial charge is 0.255 e. The molecule has 2 aromatic carbocycles. The van der Waals surface area contributed by atoms with E-state index in [0.717, 1.165) is 12.1 Å². The average molecular weight is 316 g/mol. The molecule has 0 unspecified atom stereocenters. The van der Waals surface area contributed by atoms with Crippen LogP contribution >= 0.6 is 11.6 Å². The average Bonchev–Trinajstić information content (AvgIpc) is 2.53. The van der Waals surface area contributed by atoms with Crippen LogP contribution in [-0.4, -0.2) is 5.91 Å². The van der Waals surface area contributed by atoms with Crippen LogP contribution < -0.4 is 5.32 Å². The number of rotatable bonds is 7. The highest BCUT2D eigenvalue weighted by Crippen LogP contribution is 2.15. The molecule has 0 atom stereocenters. The summed E-state index contributed by atoms with van der Waals surface area (Å²) in [5, 5.41) is 3.46. The third-order valence-electron chi connectivity index (χ3n) is 3.62. The SMILES string of the molecule is CCCCCCc1ccc(NC(=O)c2cccc(Cl)c2)cc1. The Bertz CT molecular complexity index is 607. The van der Waals surface area contributed by atoms with Gasteiger partial charge in [-0.15, -0.1) is 0 Å². The maximum absolute atomic E-state index is 12.1. The summed E-state index contributed by atoms with van der Waals surface area (Å²) < 4.78 is 0. The number of unbranched alkanes of at least 4 members (excludes halogenated alkanes) is 3. The minimum atomic E-state index is -0.141. The van der Waals surface area contributed by atoms with Gasteiger partial charge in [0.05, 0.1) is 0 Å². The van der Waals surface area contributed by atoms with Gasteiger partial charge in [0.15, 0.2) is 0 Å². The minimum absolute atomic E-state index is 0.141. The lowest BCUT2D eigenvalue weighted by molar-refractivity contribution is 0.102. The van der Waals surface area contributed by atoms with Crippen molar-refractivity contribution in [2.75, 3.05) is 5.32 Å². The van der Waals surface area contributed by atoms with Crippen molar-refractivity contribution in [1.29, 1.82) is 0 Å². The second-order valence-electron chi connectivity index (χ2n) is 5.47. The van der Waals surface area contributed by atoms with E-state index in [1.807, 2.05) is 12.1 Å². The molecule has 0 heterocycles. The largest absolute Gasteiger partial charge is 0.322 e. The number of benzene rings is 2. The molecule has 0 aliphatic rings. The third-order valence-corrected chi connectivity index (χ3v) is 3.85. The Morgan fingerprint density at radius 2 is 1.82 bits per heavy atom. The lowest BCUT2D eigenvalue weighted by atomic mass is 10.1. The Balaban J connectivity index is 1.89. The molecule has 0 aliphatic carbocycles. The van der Waals surface area contributed by atoms with Crippen LogP contribution in [0.15, 0.2) is 48.5 Å². The summed E-state index contributed by atoms with van der Waals surface area (Å²) in [5.41, 5.74) is 2.69. The molecule has 0 aliphatic heterocycles. The van der Waals surface area contributed by atoms with Crippen LogP contribution in [0.2, 0.25) is 5.02 Å². The summed E-state index contributed by atoms with van der Waals surface area (Å²) in [6.07, 6.45) is 6.16. The highest BCUT2D eigenvalue weighted by molar-refractivity contribution is 6.31. The molecule has 2 nitrogen and oxygen atoms in total. The lowest BCUT2D eigenvalue weighted by Crippen LogP contribution is -2.11. The van der Waals surface area contributed by atoms with Crippen LogP contribution in [0.1, 0.15) is 48.5 Å². The van der Waals surface area contributed by atoms with E-state index in [-0.39, 0.29) is 5.91 Å². The Morgan fingerprint density at radius 1 is 1.05 bits per heavy atom. The first-order chi connectivity index (χ1) is 10.7. The van der Waals surface area contributed by atoms with Crippen molar-refractivity contribution in [3.05, 3.63) is 64.7 Å². The topological polar surface area (TPSA) is 29.1 Å². The zero-order chi connectivity index (χ0) is 15.8. The summed E-state index contributed by atoms with van der Waals surface area (Å²) in [7, 11) is 0. The number of carbonyl (C=O) groups is 1. The molecule has 2 aromatic rings. The van der Waals surface area contributed by atoms with Crippen molar-refractivity contribution in [2.45, 2.75) is 39.0 Å². The molecule has 116 valence electrons. The van der Waals surface area contributed by atoms with E-state index in [9.17, 15) is 4.79 Å². The van der Waals surface area contributed by atoms with Crippen LogP contribution in [-0.2, 0) is 6.42 Å². The molecule has 0 spiro atoms. The molecule has 2 rings (SSSR count). The first kappa shape index (κ1) is 16.6. The third kappa shape index (κ3) is 5.19. The van der Waals surface area contributed by atoms with E-state index in [1.165, 1.54) is 31.2 Å². The van der Waals surface area contributed by atoms with Gasteiger partial charge in [-0.05, 0) is 48.7 Å². The summed E-state index contributed by atoms with van der Waals surface area (Å²) in [6.45, 7) is 2.22. The maximum Gasteiger partial charge on any atom is 0.255 e. The molecule has 3 heteroatoms. The van der Waals surface area contributed by atoms with Crippen LogP contribution in [0.25, 0.3) is 0 Å². The zero-order valence-electron chi connectivity index (χ0n) is 12.9.